The van der Waals surface area contributed by atoms with Crippen LogP contribution in [-0.4, -0.2) is 55.7 Å². The molecule has 0 bridgehead atoms. The van der Waals surface area contributed by atoms with Crippen molar-refractivity contribution in [3.63, 3.8) is 0 Å². The van der Waals surface area contributed by atoms with Crippen molar-refractivity contribution in [1.82, 2.24) is 10.2 Å². The lowest BCUT2D eigenvalue weighted by Crippen LogP contribution is -3.16. The number of carbonyl (C=O) groups excluding carboxylic acids is 2. The number of anilines is 1. The monoisotopic (exact) mass is 319 g/mol. The summed E-state index contributed by atoms with van der Waals surface area (Å²) < 4.78 is 0. The van der Waals surface area contributed by atoms with Crippen molar-refractivity contribution in [2.75, 3.05) is 37.7 Å². The largest absolute Gasteiger partial charge is 0.329 e. The Kier molecular flexibility index (Phi) is 4.76. The highest BCUT2D eigenvalue weighted by Gasteiger charge is 2.40. The first-order valence-corrected chi connectivity index (χ1v) is 8.36. The average molecular weight is 319 g/mol. The first-order valence-electron chi connectivity index (χ1n) is 8.36. The van der Waals surface area contributed by atoms with E-state index < -0.39 is 0 Å². The summed E-state index contributed by atoms with van der Waals surface area (Å²) in [7, 11) is 0. The SMILES string of the molecule is CCC[C@H]1NC(=O)N(C[NH+]2CCN(c3cccc[nH+]3)CC2)C1=O. The standard InChI is InChI=1S/C16H23N5O2/c1-2-5-13-15(22)21(16(23)18-13)12-19-8-10-20(11-9-19)14-6-3-4-7-17-14/h3-4,6-7,13H,2,5,8-12H2,1H3,(H,18,23)/p+2/t13-/m1/s1. The van der Waals surface area contributed by atoms with E-state index in [0.29, 0.717) is 13.1 Å². The van der Waals surface area contributed by atoms with Crippen LogP contribution in [-0.2, 0) is 4.79 Å². The zero-order valence-corrected chi connectivity index (χ0v) is 13.5. The van der Waals surface area contributed by atoms with E-state index in [-0.39, 0.29) is 18.0 Å². The third-order valence-electron chi connectivity index (χ3n) is 4.57. The van der Waals surface area contributed by atoms with Crippen molar-refractivity contribution in [2.45, 2.75) is 25.8 Å². The fourth-order valence-corrected chi connectivity index (χ4v) is 3.24. The predicted molar refractivity (Wildman–Crippen MR) is 84.8 cm³/mol. The third-order valence-corrected chi connectivity index (χ3v) is 4.57. The van der Waals surface area contributed by atoms with Crippen LogP contribution in [0.15, 0.2) is 24.4 Å². The Bertz CT molecular complexity index is 557. The molecule has 3 rings (SSSR count). The molecule has 7 heteroatoms. The Balaban J connectivity index is 1.53. The Morgan fingerprint density at radius 1 is 1.30 bits per heavy atom. The quantitative estimate of drug-likeness (QED) is 0.676. The molecule has 124 valence electrons. The number of urea groups is 1. The molecule has 3 amide bonds. The van der Waals surface area contributed by atoms with Gasteiger partial charge >= 0.3 is 6.03 Å². The van der Waals surface area contributed by atoms with E-state index in [1.54, 1.807) is 0 Å². The number of nitrogens with zero attached hydrogens (tertiary/aromatic N) is 2. The number of aromatic nitrogens is 1. The average Bonchev–Trinajstić information content (AvgIpc) is 2.84. The Morgan fingerprint density at radius 3 is 2.74 bits per heavy atom. The number of rotatable bonds is 5. The van der Waals surface area contributed by atoms with Gasteiger partial charge in [0.15, 0.2) is 6.67 Å². The minimum Gasteiger partial charge on any atom is -0.326 e. The first kappa shape index (κ1) is 15.7. The van der Waals surface area contributed by atoms with Gasteiger partial charge in [-0.25, -0.2) is 14.7 Å². The molecule has 1 aromatic heterocycles. The molecule has 0 spiro atoms. The van der Waals surface area contributed by atoms with Crippen LogP contribution >= 0.6 is 0 Å². The molecule has 7 nitrogen and oxygen atoms in total. The predicted octanol–water partition coefficient (Wildman–Crippen LogP) is -1.12. The molecule has 2 fully saturated rings. The van der Waals surface area contributed by atoms with Crippen LogP contribution in [0.1, 0.15) is 19.8 Å². The second-order valence-electron chi connectivity index (χ2n) is 6.20. The van der Waals surface area contributed by atoms with Gasteiger partial charge in [0.1, 0.15) is 32.2 Å². The summed E-state index contributed by atoms with van der Waals surface area (Å²) in [6, 6.07) is 5.49. The number of imide groups is 1. The Labute approximate surface area is 136 Å². The highest BCUT2D eigenvalue weighted by atomic mass is 16.2. The van der Waals surface area contributed by atoms with Crippen LogP contribution in [0.3, 0.4) is 0 Å². The number of hydrogen-bond acceptors (Lipinski definition) is 3. The fourth-order valence-electron chi connectivity index (χ4n) is 3.24. The zero-order chi connectivity index (χ0) is 16.2. The highest BCUT2D eigenvalue weighted by Crippen LogP contribution is 2.10. The van der Waals surface area contributed by atoms with E-state index in [4.69, 9.17) is 0 Å². The van der Waals surface area contributed by atoms with E-state index in [0.717, 1.165) is 38.4 Å². The van der Waals surface area contributed by atoms with Crippen LogP contribution < -0.4 is 20.1 Å². The lowest BCUT2D eigenvalue weighted by molar-refractivity contribution is -0.908. The number of nitrogens with one attached hydrogen (secondary N) is 3. The summed E-state index contributed by atoms with van der Waals surface area (Å²) in [4.78, 5) is 32.5. The summed E-state index contributed by atoms with van der Waals surface area (Å²) >= 11 is 0. The van der Waals surface area contributed by atoms with Gasteiger partial charge in [-0.3, -0.25) is 9.69 Å². The number of hydrogen-bond donors (Lipinski definition) is 2. The van der Waals surface area contributed by atoms with E-state index in [1.165, 1.54) is 9.80 Å². The normalized spacial score (nSPS) is 22.6. The topological polar surface area (TPSA) is 71.2 Å². The van der Waals surface area contributed by atoms with Crippen molar-refractivity contribution in [1.29, 1.82) is 0 Å². The number of quaternary nitrogens is 1. The molecule has 23 heavy (non-hydrogen) atoms. The maximum atomic E-state index is 12.3. The van der Waals surface area contributed by atoms with E-state index in [1.807, 2.05) is 25.3 Å². The molecular formula is C16H25N5O2+2. The summed E-state index contributed by atoms with van der Waals surface area (Å²) in [6.07, 6.45) is 3.54. The molecule has 2 aliphatic rings. The summed E-state index contributed by atoms with van der Waals surface area (Å²) in [6.45, 7) is 6.15. The second kappa shape index (κ2) is 6.95. The number of H-pyrrole nitrogens is 1. The number of piperazine rings is 1. The molecule has 3 heterocycles. The van der Waals surface area contributed by atoms with Crippen LogP contribution in [0.25, 0.3) is 0 Å². The first-order chi connectivity index (χ1) is 11.2. The lowest BCUT2D eigenvalue weighted by Gasteiger charge is -2.29. The minimum absolute atomic E-state index is 0.0665. The van der Waals surface area contributed by atoms with Gasteiger partial charge in [0.2, 0.25) is 0 Å². The van der Waals surface area contributed by atoms with Gasteiger partial charge < -0.3 is 10.2 Å². The minimum atomic E-state index is -0.327. The Hall–Kier alpha value is -2.15. The van der Waals surface area contributed by atoms with Crippen LogP contribution in [0.4, 0.5) is 10.6 Å². The summed E-state index contributed by atoms with van der Waals surface area (Å²) in [5.41, 5.74) is 0. The highest BCUT2D eigenvalue weighted by molar-refractivity contribution is 6.03. The number of aromatic amines is 1. The van der Waals surface area contributed by atoms with Gasteiger partial charge in [-0.2, -0.15) is 0 Å². The van der Waals surface area contributed by atoms with Crippen LogP contribution in [0.2, 0.25) is 0 Å². The summed E-state index contributed by atoms with van der Waals surface area (Å²) in [5, 5.41) is 2.79. The maximum Gasteiger partial charge on any atom is 0.329 e. The summed E-state index contributed by atoms with van der Waals surface area (Å²) in [5.74, 6) is 1.05. The Morgan fingerprint density at radius 2 is 2.09 bits per heavy atom. The van der Waals surface area contributed by atoms with Crippen molar-refractivity contribution in [3.05, 3.63) is 24.4 Å². The maximum absolute atomic E-state index is 12.3. The number of pyridine rings is 1. The van der Waals surface area contributed by atoms with Crippen molar-refractivity contribution in [2.24, 2.45) is 0 Å². The molecule has 0 unspecified atom stereocenters. The second-order valence-corrected chi connectivity index (χ2v) is 6.20. The number of amides is 3. The molecule has 0 radical (unpaired) electrons. The molecule has 1 atom stereocenters. The molecular weight excluding hydrogens is 294 g/mol. The van der Waals surface area contributed by atoms with Crippen molar-refractivity contribution in [3.8, 4) is 0 Å². The number of carbonyl (C=O) groups is 2. The van der Waals surface area contributed by atoms with Gasteiger partial charge in [-0.15, -0.1) is 0 Å². The van der Waals surface area contributed by atoms with Gasteiger partial charge in [0.05, 0.1) is 6.20 Å². The van der Waals surface area contributed by atoms with Crippen molar-refractivity contribution < 1.29 is 19.5 Å². The molecule has 1 aromatic rings. The fraction of sp³-hybridized carbons (Fsp3) is 0.562. The molecule has 0 aromatic carbocycles. The molecule has 0 aliphatic carbocycles. The smallest absolute Gasteiger partial charge is 0.326 e. The van der Waals surface area contributed by atoms with Crippen LogP contribution in [0.5, 0.6) is 0 Å². The van der Waals surface area contributed by atoms with Gasteiger partial charge in [0, 0.05) is 6.07 Å². The van der Waals surface area contributed by atoms with Gasteiger partial charge in [-0.1, -0.05) is 19.4 Å². The van der Waals surface area contributed by atoms with E-state index >= 15 is 0 Å². The van der Waals surface area contributed by atoms with E-state index in [2.05, 4.69) is 21.3 Å². The lowest BCUT2D eigenvalue weighted by atomic mass is 10.2. The van der Waals surface area contributed by atoms with Gasteiger partial charge in [-0.05, 0) is 12.5 Å². The zero-order valence-electron chi connectivity index (χ0n) is 13.5. The van der Waals surface area contributed by atoms with Gasteiger partial charge in [0.25, 0.3) is 11.7 Å². The van der Waals surface area contributed by atoms with Crippen molar-refractivity contribution >= 4 is 17.8 Å². The molecule has 2 saturated heterocycles. The third kappa shape index (κ3) is 3.44. The van der Waals surface area contributed by atoms with E-state index in [9.17, 15) is 9.59 Å². The molecule has 3 N–H and O–H groups in total. The molecule has 2 aliphatic heterocycles. The molecule has 0 saturated carbocycles. The van der Waals surface area contributed by atoms with Crippen LogP contribution in [0, 0.1) is 0 Å².